The quantitative estimate of drug-likeness (QED) is 0.801. The number of anilines is 1. The second-order valence-corrected chi connectivity index (χ2v) is 4.97. The van der Waals surface area contributed by atoms with Crippen LogP contribution in [0.3, 0.4) is 0 Å². The van der Waals surface area contributed by atoms with E-state index >= 15 is 0 Å². The SMILES string of the molecule is CCCCN(CCO)c1ccc(C(C)N)cc1Cl. The minimum Gasteiger partial charge on any atom is -0.395 e. The number of aliphatic hydroxyl groups is 1. The van der Waals surface area contributed by atoms with Gasteiger partial charge in [0.2, 0.25) is 0 Å². The van der Waals surface area contributed by atoms with Crippen LogP contribution in [-0.4, -0.2) is 24.8 Å². The number of hydrogen-bond acceptors (Lipinski definition) is 3. The Kier molecular flexibility index (Phi) is 6.47. The van der Waals surface area contributed by atoms with Crippen molar-refractivity contribution in [3.63, 3.8) is 0 Å². The summed E-state index contributed by atoms with van der Waals surface area (Å²) < 4.78 is 0. The van der Waals surface area contributed by atoms with Crippen molar-refractivity contribution in [1.82, 2.24) is 0 Å². The van der Waals surface area contributed by atoms with Crippen molar-refractivity contribution in [3.05, 3.63) is 28.8 Å². The molecule has 0 spiro atoms. The zero-order valence-corrected chi connectivity index (χ0v) is 12.0. The molecule has 0 heterocycles. The van der Waals surface area contributed by atoms with Crippen LogP contribution in [0.1, 0.15) is 38.3 Å². The monoisotopic (exact) mass is 270 g/mol. The fraction of sp³-hybridized carbons (Fsp3) is 0.571. The van der Waals surface area contributed by atoms with E-state index in [0.29, 0.717) is 11.6 Å². The molecule has 1 rings (SSSR count). The highest BCUT2D eigenvalue weighted by Gasteiger charge is 2.11. The number of unbranched alkanes of at least 4 members (excludes halogenated alkanes) is 1. The number of nitrogens with two attached hydrogens (primary N) is 1. The molecule has 1 aromatic rings. The van der Waals surface area contributed by atoms with E-state index < -0.39 is 0 Å². The molecule has 1 unspecified atom stereocenters. The largest absolute Gasteiger partial charge is 0.395 e. The molecule has 0 bridgehead atoms. The fourth-order valence-corrected chi connectivity index (χ4v) is 2.19. The highest BCUT2D eigenvalue weighted by Crippen LogP contribution is 2.28. The number of aliphatic hydroxyl groups excluding tert-OH is 1. The van der Waals surface area contributed by atoms with Gasteiger partial charge in [0.15, 0.2) is 0 Å². The molecular formula is C14H23ClN2O. The summed E-state index contributed by atoms with van der Waals surface area (Å²) in [4.78, 5) is 2.12. The third-order valence-corrected chi connectivity index (χ3v) is 3.29. The first-order chi connectivity index (χ1) is 8.60. The highest BCUT2D eigenvalue weighted by molar-refractivity contribution is 6.33. The molecular weight excluding hydrogens is 248 g/mol. The van der Waals surface area contributed by atoms with E-state index in [1.54, 1.807) is 0 Å². The summed E-state index contributed by atoms with van der Waals surface area (Å²) in [5.41, 5.74) is 7.84. The zero-order valence-electron chi connectivity index (χ0n) is 11.2. The van der Waals surface area contributed by atoms with E-state index in [-0.39, 0.29) is 12.6 Å². The highest BCUT2D eigenvalue weighted by atomic mass is 35.5. The number of halogens is 1. The van der Waals surface area contributed by atoms with Gasteiger partial charge in [-0.2, -0.15) is 0 Å². The zero-order chi connectivity index (χ0) is 13.5. The van der Waals surface area contributed by atoms with Crippen molar-refractivity contribution in [2.75, 3.05) is 24.6 Å². The van der Waals surface area contributed by atoms with Gasteiger partial charge in [-0.1, -0.05) is 31.0 Å². The molecule has 4 heteroatoms. The van der Waals surface area contributed by atoms with Gasteiger partial charge >= 0.3 is 0 Å². The molecule has 3 nitrogen and oxygen atoms in total. The molecule has 0 aliphatic rings. The minimum absolute atomic E-state index is 0.0153. The van der Waals surface area contributed by atoms with Crippen LogP contribution in [-0.2, 0) is 0 Å². The molecule has 0 aliphatic carbocycles. The standard InChI is InChI=1S/C14H23ClN2O/c1-3-4-7-17(8-9-18)14-6-5-12(11(2)16)10-13(14)15/h5-6,10-11,18H,3-4,7-9,16H2,1-2H3. The van der Waals surface area contributed by atoms with Crippen molar-refractivity contribution < 1.29 is 5.11 Å². The van der Waals surface area contributed by atoms with Crippen LogP contribution in [0.2, 0.25) is 5.02 Å². The summed E-state index contributed by atoms with van der Waals surface area (Å²) in [6.07, 6.45) is 2.21. The van der Waals surface area contributed by atoms with Crippen LogP contribution in [0.5, 0.6) is 0 Å². The maximum Gasteiger partial charge on any atom is 0.0642 e. The lowest BCUT2D eigenvalue weighted by atomic mass is 10.1. The maximum atomic E-state index is 9.13. The van der Waals surface area contributed by atoms with Gasteiger partial charge in [-0.05, 0) is 31.0 Å². The molecule has 18 heavy (non-hydrogen) atoms. The topological polar surface area (TPSA) is 49.5 Å². The van der Waals surface area contributed by atoms with Crippen molar-refractivity contribution in [2.24, 2.45) is 5.73 Å². The van der Waals surface area contributed by atoms with Gasteiger partial charge in [0.05, 0.1) is 17.3 Å². The van der Waals surface area contributed by atoms with Gasteiger partial charge in [0, 0.05) is 19.1 Å². The van der Waals surface area contributed by atoms with Crippen LogP contribution >= 0.6 is 11.6 Å². The van der Waals surface area contributed by atoms with Gasteiger partial charge in [-0.3, -0.25) is 0 Å². The molecule has 102 valence electrons. The Morgan fingerprint density at radius 2 is 2.11 bits per heavy atom. The van der Waals surface area contributed by atoms with Gasteiger partial charge < -0.3 is 15.7 Å². The maximum absolute atomic E-state index is 9.13. The summed E-state index contributed by atoms with van der Waals surface area (Å²) in [5, 5.41) is 9.83. The van der Waals surface area contributed by atoms with E-state index in [1.807, 2.05) is 25.1 Å². The number of hydrogen-bond donors (Lipinski definition) is 2. The van der Waals surface area contributed by atoms with E-state index in [0.717, 1.165) is 30.6 Å². The second kappa shape index (κ2) is 7.62. The third-order valence-electron chi connectivity index (χ3n) is 2.99. The average molecular weight is 271 g/mol. The number of benzene rings is 1. The molecule has 1 aromatic carbocycles. The molecule has 1 atom stereocenters. The van der Waals surface area contributed by atoms with E-state index in [9.17, 15) is 0 Å². The first-order valence-corrected chi connectivity index (χ1v) is 6.88. The first-order valence-electron chi connectivity index (χ1n) is 6.51. The predicted octanol–water partition coefficient (Wildman–Crippen LogP) is 2.96. The minimum atomic E-state index is -0.0153. The van der Waals surface area contributed by atoms with Crippen LogP contribution in [0, 0.1) is 0 Å². The summed E-state index contributed by atoms with van der Waals surface area (Å²) >= 11 is 6.30. The predicted molar refractivity (Wildman–Crippen MR) is 78.3 cm³/mol. The van der Waals surface area contributed by atoms with Crippen LogP contribution < -0.4 is 10.6 Å². The number of nitrogens with zero attached hydrogens (tertiary/aromatic N) is 1. The molecule has 0 saturated carbocycles. The Morgan fingerprint density at radius 3 is 2.61 bits per heavy atom. The van der Waals surface area contributed by atoms with Crippen LogP contribution in [0.25, 0.3) is 0 Å². The van der Waals surface area contributed by atoms with Crippen molar-refractivity contribution in [3.8, 4) is 0 Å². The number of rotatable bonds is 7. The first kappa shape index (κ1) is 15.3. The molecule has 0 amide bonds. The van der Waals surface area contributed by atoms with Crippen molar-refractivity contribution in [2.45, 2.75) is 32.7 Å². The van der Waals surface area contributed by atoms with Gasteiger partial charge in [0.25, 0.3) is 0 Å². The van der Waals surface area contributed by atoms with Crippen LogP contribution in [0.15, 0.2) is 18.2 Å². The molecule has 0 radical (unpaired) electrons. The van der Waals surface area contributed by atoms with E-state index in [4.69, 9.17) is 22.4 Å². The molecule has 0 saturated heterocycles. The smallest absolute Gasteiger partial charge is 0.0642 e. The Morgan fingerprint density at radius 1 is 1.39 bits per heavy atom. The Bertz CT molecular complexity index is 369. The Balaban J connectivity index is 2.90. The molecule has 0 aliphatic heterocycles. The Labute approximate surface area is 115 Å². The lowest BCUT2D eigenvalue weighted by Crippen LogP contribution is -2.28. The van der Waals surface area contributed by atoms with Crippen molar-refractivity contribution >= 4 is 17.3 Å². The summed E-state index contributed by atoms with van der Waals surface area (Å²) in [7, 11) is 0. The summed E-state index contributed by atoms with van der Waals surface area (Å²) in [6.45, 7) is 5.74. The van der Waals surface area contributed by atoms with E-state index in [1.165, 1.54) is 0 Å². The molecule has 0 aromatic heterocycles. The van der Waals surface area contributed by atoms with Crippen molar-refractivity contribution in [1.29, 1.82) is 0 Å². The average Bonchev–Trinajstić information content (AvgIpc) is 2.34. The molecule has 3 N–H and O–H groups in total. The lowest BCUT2D eigenvalue weighted by Gasteiger charge is -2.25. The summed E-state index contributed by atoms with van der Waals surface area (Å²) in [5.74, 6) is 0. The van der Waals surface area contributed by atoms with Gasteiger partial charge in [0.1, 0.15) is 0 Å². The fourth-order valence-electron chi connectivity index (χ4n) is 1.89. The van der Waals surface area contributed by atoms with Gasteiger partial charge in [-0.25, -0.2) is 0 Å². The normalized spacial score (nSPS) is 12.5. The van der Waals surface area contributed by atoms with E-state index in [2.05, 4.69) is 11.8 Å². The third kappa shape index (κ3) is 4.16. The van der Waals surface area contributed by atoms with Crippen LogP contribution in [0.4, 0.5) is 5.69 Å². The Hall–Kier alpha value is -0.770. The lowest BCUT2D eigenvalue weighted by molar-refractivity contribution is 0.301. The summed E-state index contributed by atoms with van der Waals surface area (Å²) in [6, 6.07) is 5.89. The second-order valence-electron chi connectivity index (χ2n) is 4.56. The van der Waals surface area contributed by atoms with Gasteiger partial charge in [-0.15, -0.1) is 0 Å². The molecule has 0 fully saturated rings.